The van der Waals surface area contributed by atoms with Crippen molar-refractivity contribution in [3.8, 4) is 0 Å². The third-order valence-electron chi connectivity index (χ3n) is 3.20. The van der Waals surface area contributed by atoms with Crippen LogP contribution in [0.4, 0.5) is 0 Å². The van der Waals surface area contributed by atoms with Gasteiger partial charge in [0.15, 0.2) is 5.76 Å². The van der Waals surface area contributed by atoms with Crippen molar-refractivity contribution in [1.82, 2.24) is 5.32 Å². The Labute approximate surface area is 105 Å². The maximum absolute atomic E-state index is 12.2. The first-order valence-corrected chi connectivity index (χ1v) is 6.11. The number of carbonyl (C=O) groups excluding carboxylic acids is 1. The zero-order chi connectivity index (χ0) is 12.5. The summed E-state index contributed by atoms with van der Waals surface area (Å²) in [6.07, 6.45) is -0.431. The number of morpholine rings is 1. The molecule has 4 nitrogen and oxygen atoms in total. The van der Waals surface area contributed by atoms with Crippen LogP contribution in [-0.2, 0) is 4.74 Å². The molecule has 1 fully saturated rings. The van der Waals surface area contributed by atoms with Crippen molar-refractivity contribution in [3.05, 3.63) is 35.6 Å². The van der Waals surface area contributed by atoms with Crippen LogP contribution in [0.25, 0.3) is 11.0 Å². The van der Waals surface area contributed by atoms with E-state index >= 15 is 0 Å². The summed E-state index contributed by atoms with van der Waals surface area (Å²) in [4.78, 5) is 12.2. The molecule has 0 saturated carbocycles. The van der Waals surface area contributed by atoms with E-state index in [0.717, 1.165) is 23.1 Å². The monoisotopic (exact) mass is 245 g/mol. The predicted octanol–water partition coefficient (Wildman–Crippen LogP) is 1.91. The van der Waals surface area contributed by atoms with Crippen molar-refractivity contribution in [3.63, 3.8) is 0 Å². The van der Waals surface area contributed by atoms with Crippen LogP contribution >= 0.6 is 0 Å². The van der Waals surface area contributed by atoms with Gasteiger partial charge in [-0.25, -0.2) is 0 Å². The number of rotatable bonds is 2. The number of ketones is 1. The molecule has 2 aromatic rings. The van der Waals surface area contributed by atoms with Gasteiger partial charge >= 0.3 is 0 Å². The number of aryl methyl sites for hydroxylation is 1. The fourth-order valence-electron chi connectivity index (χ4n) is 2.22. The summed E-state index contributed by atoms with van der Waals surface area (Å²) in [6.45, 7) is 3.88. The number of furan rings is 1. The second-order valence-corrected chi connectivity index (χ2v) is 4.53. The molecule has 1 N–H and O–H groups in total. The van der Waals surface area contributed by atoms with E-state index in [9.17, 15) is 4.79 Å². The second kappa shape index (κ2) is 4.55. The van der Waals surface area contributed by atoms with Gasteiger partial charge in [0, 0.05) is 18.5 Å². The van der Waals surface area contributed by atoms with Gasteiger partial charge in [0.2, 0.25) is 5.78 Å². The quantitative estimate of drug-likeness (QED) is 0.821. The highest BCUT2D eigenvalue weighted by molar-refractivity contribution is 6.01. The molecule has 18 heavy (non-hydrogen) atoms. The lowest BCUT2D eigenvalue weighted by Crippen LogP contribution is -2.43. The third-order valence-corrected chi connectivity index (χ3v) is 3.20. The van der Waals surface area contributed by atoms with Gasteiger partial charge < -0.3 is 14.5 Å². The fraction of sp³-hybridized carbons (Fsp3) is 0.357. The van der Waals surface area contributed by atoms with Crippen LogP contribution in [0.1, 0.15) is 16.1 Å². The van der Waals surface area contributed by atoms with Crippen LogP contribution in [0.15, 0.2) is 28.7 Å². The summed E-state index contributed by atoms with van der Waals surface area (Å²) >= 11 is 0. The van der Waals surface area contributed by atoms with E-state index in [4.69, 9.17) is 9.15 Å². The Morgan fingerprint density at radius 2 is 2.33 bits per heavy atom. The summed E-state index contributed by atoms with van der Waals surface area (Å²) in [7, 11) is 0. The first-order valence-electron chi connectivity index (χ1n) is 6.11. The predicted molar refractivity (Wildman–Crippen MR) is 67.9 cm³/mol. The van der Waals surface area contributed by atoms with Gasteiger partial charge in [-0.05, 0) is 18.6 Å². The van der Waals surface area contributed by atoms with Crippen LogP contribution in [0.3, 0.4) is 0 Å². The van der Waals surface area contributed by atoms with Crippen molar-refractivity contribution in [2.45, 2.75) is 13.0 Å². The molecule has 2 heterocycles. The van der Waals surface area contributed by atoms with Crippen molar-refractivity contribution in [2.24, 2.45) is 0 Å². The molecule has 0 bridgehead atoms. The van der Waals surface area contributed by atoms with Crippen LogP contribution in [0.2, 0.25) is 0 Å². The Hall–Kier alpha value is -1.65. The smallest absolute Gasteiger partial charge is 0.227 e. The molecule has 0 amide bonds. The van der Waals surface area contributed by atoms with E-state index in [0.29, 0.717) is 18.9 Å². The summed E-state index contributed by atoms with van der Waals surface area (Å²) in [5.41, 5.74) is 1.82. The number of hydrogen-bond donors (Lipinski definition) is 1. The number of benzene rings is 1. The summed E-state index contributed by atoms with van der Waals surface area (Å²) in [6, 6.07) is 7.67. The Bertz CT molecular complexity index is 582. The van der Waals surface area contributed by atoms with Crippen LogP contribution in [-0.4, -0.2) is 31.6 Å². The van der Waals surface area contributed by atoms with E-state index in [1.165, 1.54) is 0 Å². The van der Waals surface area contributed by atoms with Gasteiger partial charge in [0.25, 0.3) is 0 Å². The molecule has 94 valence electrons. The highest BCUT2D eigenvalue weighted by atomic mass is 16.5. The number of fused-ring (bicyclic) bond motifs is 1. The molecule has 1 unspecified atom stereocenters. The van der Waals surface area contributed by atoms with E-state index in [2.05, 4.69) is 5.32 Å². The van der Waals surface area contributed by atoms with Gasteiger partial charge in [0.05, 0.1) is 6.61 Å². The topological polar surface area (TPSA) is 51.5 Å². The van der Waals surface area contributed by atoms with Crippen molar-refractivity contribution < 1.29 is 13.9 Å². The molecule has 1 aromatic heterocycles. The normalized spacial score (nSPS) is 20.2. The molecule has 4 heteroatoms. The van der Waals surface area contributed by atoms with E-state index in [-0.39, 0.29) is 5.78 Å². The number of hydrogen-bond acceptors (Lipinski definition) is 4. The molecule has 0 aliphatic carbocycles. The largest absolute Gasteiger partial charge is 0.453 e. The molecular formula is C14H15NO3. The minimum absolute atomic E-state index is 0.0854. The molecule has 1 saturated heterocycles. The summed E-state index contributed by atoms with van der Waals surface area (Å²) in [5.74, 6) is 0.297. The molecule has 1 aromatic carbocycles. The Morgan fingerprint density at radius 3 is 3.06 bits per heavy atom. The minimum atomic E-state index is -0.431. The lowest BCUT2D eigenvalue weighted by Gasteiger charge is -2.21. The second-order valence-electron chi connectivity index (χ2n) is 4.53. The maximum Gasteiger partial charge on any atom is 0.227 e. The van der Waals surface area contributed by atoms with E-state index in [1.54, 1.807) is 6.07 Å². The van der Waals surface area contributed by atoms with Gasteiger partial charge in [-0.1, -0.05) is 18.2 Å². The Morgan fingerprint density at radius 1 is 1.44 bits per heavy atom. The Kier molecular flexibility index (Phi) is 2.89. The molecular weight excluding hydrogens is 230 g/mol. The van der Waals surface area contributed by atoms with Gasteiger partial charge in [0.1, 0.15) is 11.7 Å². The van der Waals surface area contributed by atoms with Gasteiger partial charge in [-0.3, -0.25) is 4.79 Å². The number of ether oxygens (including phenoxy) is 1. The molecule has 1 aliphatic rings. The van der Waals surface area contributed by atoms with Crippen molar-refractivity contribution in [1.29, 1.82) is 0 Å². The standard InChI is InChI=1S/C14H15NO3/c1-9-3-2-4-10-7-11(18-14(9)10)13(16)12-8-15-5-6-17-12/h2-4,7,12,15H,5-6,8H2,1H3. The van der Waals surface area contributed by atoms with Crippen molar-refractivity contribution >= 4 is 16.8 Å². The lowest BCUT2D eigenvalue weighted by atomic mass is 10.1. The third kappa shape index (κ3) is 1.94. The Balaban J connectivity index is 1.94. The van der Waals surface area contributed by atoms with Gasteiger partial charge in [-0.2, -0.15) is 0 Å². The molecule has 0 radical (unpaired) electrons. The molecule has 0 spiro atoms. The summed E-state index contributed by atoms with van der Waals surface area (Å²) in [5, 5.41) is 4.10. The van der Waals surface area contributed by atoms with Gasteiger partial charge in [-0.15, -0.1) is 0 Å². The zero-order valence-electron chi connectivity index (χ0n) is 10.2. The van der Waals surface area contributed by atoms with Crippen LogP contribution in [0.5, 0.6) is 0 Å². The van der Waals surface area contributed by atoms with Crippen LogP contribution < -0.4 is 5.32 Å². The average Bonchev–Trinajstić information content (AvgIpc) is 2.84. The zero-order valence-corrected chi connectivity index (χ0v) is 10.2. The minimum Gasteiger partial charge on any atom is -0.453 e. The first-order chi connectivity index (χ1) is 8.75. The van der Waals surface area contributed by atoms with E-state index < -0.39 is 6.10 Å². The fourth-order valence-corrected chi connectivity index (χ4v) is 2.22. The molecule has 1 atom stereocenters. The van der Waals surface area contributed by atoms with E-state index in [1.807, 2.05) is 25.1 Å². The average molecular weight is 245 g/mol. The number of carbonyl (C=O) groups is 1. The lowest BCUT2D eigenvalue weighted by molar-refractivity contribution is 0.0251. The SMILES string of the molecule is Cc1cccc2cc(C(=O)C3CNCCO3)oc12. The highest BCUT2D eigenvalue weighted by Crippen LogP contribution is 2.23. The first kappa shape index (κ1) is 11.4. The summed E-state index contributed by atoms with van der Waals surface area (Å²) < 4.78 is 11.1. The maximum atomic E-state index is 12.2. The molecule has 1 aliphatic heterocycles. The van der Waals surface area contributed by atoms with Crippen molar-refractivity contribution in [2.75, 3.05) is 19.7 Å². The number of Topliss-reactive ketones (excluding diaryl/α,β-unsaturated/α-hetero) is 1. The highest BCUT2D eigenvalue weighted by Gasteiger charge is 2.26. The van der Waals surface area contributed by atoms with Crippen LogP contribution in [0, 0.1) is 6.92 Å². The number of para-hydroxylation sites is 1. The number of nitrogens with one attached hydrogen (secondary N) is 1. The molecule has 3 rings (SSSR count).